The van der Waals surface area contributed by atoms with Crippen LogP contribution in [0.5, 0.6) is 5.75 Å². The molecule has 3 aromatic carbocycles. The minimum absolute atomic E-state index is 0.0539. The molecule has 0 saturated carbocycles. The third kappa shape index (κ3) is 8.25. The number of hydrogen-bond acceptors (Lipinski definition) is 5. The largest absolute Gasteiger partial charge is 0.493 e. The summed E-state index contributed by atoms with van der Waals surface area (Å²) in [6.07, 6.45) is 5.61. The summed E-state index contributed by atoms with van der Waals surface area (Å²) in [5.41, 5.74) is 4.85. The molecule has 0 spiro atoms. The monoisotopic (exact) mass is 525 g/mol. The van der Waals surface area contributed by atoms with E-state index < -0.39 is 18.3 Å². The molecule has 0 atom stereocenters. The normalized spacial score (nSPS) is 11.7. The van der Waals surface area contributed by atoms with E-state index in [-0.39, 0.29) is 18.5 Å². The Kier molecular flexibility index (Phi) is 9.20. The van der Waals surface area contributed by atoms with E-state index in [9.17, 15) is 12.3 Å². The van der Waals surface area contributed by atoms with Crippen molar-refractivity contribution in [2.75, 3.05) is 6.61 Å². The average molecular weight is 526 g/mol. The molecule has 0 radical (unpaired) electrons. The van der Waals surface area contributed by atoms with Gasteiger partial charge in [-0.1, -0.05) is 66.7 Å². The Balaban J connectivity index is 1.57. The van der Waals surface area contributed by atoms with Crippen molar-refractivity contribution in [2.45, 2.75) is 38.7 Å². The maximum absolute atomic E-state index is 13.9. The molecule has 0 saturated heterocycles. The first-order valence-electron chi connectivity index (χ1n) is 13.9. The van der Waals surface area contributed by atoms with Crippen molar-refractivity contribution in [2.24, 2.45) is 0 Å². The maximum Gasteiger partial charge on any atom is 0.254 e. The number of nitrogens with zero attached hydrogens (tertiary/aromatic N) is 2. The van der Waals surface area contributed by atoms with Crippen LogP contribution in [-0.2, 0) is 17.8 Å². The number of aromatic nitrogens is 1. The number of amides is 2. The van der Waals surface area contributed by atoms with Gasteiger partial charge in [-0.3, -0.25) is 19.8 Å². The van der Waals surface area contributed by atoms with Gasteiger partial charge < -0.3 is 9.64 Å². The van der Waals surface area contributed by atoms with Crippen molar-refractivity contribution in [3.63, 3.8) is 0 Å². The summed E-state index contributed by atoms with van der Waals surface area (Å²) in [4.78, 5) is 30.5. The fraction of sp³-hybridized carbons (Fsp3) is 0.219. The molecule has 39 heavy (non-hydrogen) atoms. The topological polar surface area (TPSA) is 91.8 Å². The molecule has 0 aliphatic rings. The van der Waals surface area contributed by atoms with Gasteiger partial charge in [-0.2, -0.15) is 0 Å². The second-order valence-electron chi connectivity index (χ2n) is 9.00. The van der Waals surface area contributed by atoms with Crippen LogP contribution in [0.25, 0.3) is 11.1 Å². The minimum atomic E-state index is -2.20. The molecule has 7 nitrogen and oxygen atoms in total. The van der Waals surface area contributed by atoms with Gasteiger partial charge in [0.1, 0.15) is 5.75 Å². The number of carbonyl (C=O) groups excluding carboxylic acids is 2. The Labute approximate surface area is 231 Å². The van der Waals surface area contributed by atoms with E-state index in [2.05, 4.69) is 4.98 Å². The Morgan fingerprint density at radius 2 is 1.64 bits per heavy atom. The quantitative estimate of drug-likeness (QED) is 0.126. The third-order valence-electron chi connectivity index (χ3n) is 6.13. The third-order valence-corrected chi connectivity index (χ3v) is 6.13. The molecule has 4 aromatic rings. The number of para-hydroxylation sites is 1. The first kappa shape index (κ1) is 24.8. The lowest BCUT2D eigenvalue weighted by atomic mass is 10.0. The number of benzene rings is 3. The van der Waals surface area contributed by atoms with Crippen molar-refractivity contribution in [1.29, 1.82) is 0 Å². The van der Waals surface area contributed by atoms with Gasteiger partial charge in [-0.15, -0.1) is 0 Å². The fourth-order valence-corrected chi connectivity index (χ4v) is 4.06. The molecule has 1 aromatic heterocycles. The highest BCUT2D eigenvalue weighted by atomic mass is 16.5. The van der Waals surface area contributed by atoms with E-state index in [1.807, 2.05) is 54.6 Å². The summed E-state index contributed by atoms with van der Waals surface area (Å²) in [6.45, 7) is -1.83. The van der Waals surface area contributed by atoms with E-state index in [0.29, 0.717) is 37.2 Å². The molecular formula is C32H33N3O4. The summed E-state index contributed by atoms with van der Waals surface area (Å²) in [6, 6.07) is 27.0. The lowest BCUT2D eigenvalue weighted by Gasteiger charge is -2.24. The van der Waals surface area contributed by atoms with Crippen molar-refractivity contribution in [3.8, 4) is 16.9 Å². The summed E-state index contributed by atoms with van der Waals surface area (Å²) >= 11 is 0. The molecule has 0 fully saturated rings. The first-order valence-corrected chi connectivity index (χ1v) is 12.9. The van der Waals surface area contributed by atoms with Crippen molar-refractivity contribution in [1.82, 2.24) is 15.4 Å². The van der Waals surface area contributed by atoms with E-state index >= 15 is 0 Å². The van der Waals surface area contributed by atoms with Crippen LogP contribution in [0.3, 0.4) is 0 Å². The molecular weight excluding hydrogens is 490 g/mol. The number of ether oxygens (including phenoxy) is 1. The van der Waals surface area contributed by atoms with E-state index in [4.69, 9.17) is 9.94 Å². The zero-order valence-electron chi connectivity index (χ0n) is 23.6. The number of hydroxylamine groups is 1. The highest BCUT2D eigenvalue weighted by Crippen LogP contribution is 2.24. The molecule has 0 aliphatic carbocycles. The summed E-state index contributed by atoms with van der Waals surface area (Å²) < 4.78 is 24.4. The van der Waals surface area contributed by atoms with Crippen LogP contribution in [0.1, 0.15) is 49.9 Å². The summed E-state index contributed by atoms with van der Waals surface area (Å²) in [7, 11) is 0. The minimum Gasteiger partial charge on any atom is -0.493 e. The summed E-state index contributed by atoms with van der Waals surface area (Å²) in [5.74, 6) is -0.531. The van der Waals surface area contributed by atoms with Gasteiger partial charge in [0.25, 0.3) is 5.91 Å². The number of hydrogen-bond donors (Lipinski definition) is 2. The molecule has 2 amide bonds. The number of nitrogens with one attached hydrogen (secondary N) is 1. The summed E-state index contributed by atoms with van der Waals surface area (Å²) in [5, 5.41) is 8.61. The average Bonchev–Trinajstić information content (AvgIpc) is 3.02. The number of unbranched alkanes of at least 4 members (excludes halogenated alkanes) is 2. The standard InChI is InChI=1S/C32H33N3O4/c36-31(34-38)15-5-2-8-21-39-30-14-7-6-12-29(30)24-35(23-25-10-3-1-4-11-25)32(37)27-18-16-26(17-19-27)28-13-9-20-33-22-28/h1,3-4,6-7,9-14,16-20,22,38H,2,5,8,15,21,23-24H2,(H,34,36)/i24D2. The van der Waals surface area contributed by atoms with Crippen LogP contribution in [0.4, 0.5) is 0 Å². The molecule has 1 heterocycles. The van der Waals surface area contributed by atoms with Gasteiger partial charge in [-0.25, -0.2) is 5.48 Å². The van der Waals surface area contributed by atoms with Gasteiger partial charge >= 0.3 is 0 Å². The highest BCUT2D eigenvalue weighted by Gasteiger charge is 2.19. The van der Waals surface area contributed by atoms with E-state index in [1.54, 1.807) is 54.3 Å². The fourth-order valence-electron chi connectivity index (χ4n) is 4.06. The second-order valence-corrected chi connectivity index (χ2v) is 9.00. The zero-order valence-corrected chi connectivity index (χ0v) is 21.6. The Morgan fingerprint density at radius 3 is 2.38 bits per heavy atom. The number of carbonyl (C=O) groups is 2. The predicted octanol–water partition coefficient (Wildman–Crippen LogP) is 6.04. The van der Waals surface area contributed by atoms with Crippen molar-refractivity contribution in [3.05, 3.63) is 120 Å². The lowest BCUT2D eigenvalue weighted by Crippen LogP contribution is -2.30. The molecule has 7 heteroatoms. The predicted molar refractivity (Wildman–Crippen MR) is 150 cm³/mol. The van der Waals surface area contributed by atoms with Crippen molar-refractivity contribution >= 4 is 11.8 Å². The van der Waals surface area contributed by atoms with Crippen LogP contribution in [0, 0.1) is 0 Å². The highest BCUT2D eigenvalue weighted by molar-refractivity contribution is 5.94. The van der Waals surface area contributed by atoms with Crippen molar-refractivity contribution < 1.29 is 22.3 Å². The first-order chi connectivity index (χ1) is 19.9. The zero-order chi connectivity index (χ0) is 29.1. The molecule has 0 aliphatic heterocycles. The van der Waals surface area contributed by atoms with Crippen LogP contribution >= 0.6 is 0 Å². The smallest absolute Gasteiger partial charge is 0.254 e. The molecule has 0 unspecified atom stereocenters. The van der Waals surface area contributed by atoms with E-state index in [1.165, 1.54) is 4.90 Å². The van der Waals surface area contributed by atoms with Crippen LogP contribution in [-0.4, -0.2) is 33.5 Å². The van der Waals surface area contributed by atoms with Gasteiger partial charge in [0.15, 0.2) is 0 Å². The van der Waals surface area contributed by atoms with Crippen LogP contribution in [0.2, 0.25) is 0 Å². The molecule has 200 valence electrons. The Bertz CT molecular complexity index is 1420. The number of rotatable bonds is 13. The maximum atomic E-state index is 13.9. The molecule has 2 N–H and O–H groups in total. The Hall–Kier alpha value is -4.49. The van der Waals surface area contributed by atoms with Gasteiger partial charge in [0.2, 0.25) is 5.91 Å². The Morgan fingerprint density at radius 1 is 0.872 bits per heavy atom. The molecule has 0 bridgehead atoms. The van der Waals surface area contributed by atoms with Crippen LogP contribution < -0.4 is 10.2 Å². The lowest BCUT2D eigenvalue weighted by molar-refractivity contribution is -0.129. The van der Waals surface area contributed by atoms with Gasteiger partial charge in [0.05, 0.1) is 9.35 Å². The van der Waals surface area contributed by atoms with Gasteiger partial charge in [-0.05, 0) is 60.2 Å². The van der Waals surface area contributed by atoms with Gasteiger partial charge in [0, 0.05) is 43.0 Å². The van der Waals surface area contributed by atoms with E-state index in [0.717, 1.165) is 16.7 Å². The van der Waals surface area contributed by atoms with Crippen LogP contribution in [0.15, 0.2) is 103 Å². The second kappa shape index (κ2) is 14.4. The SMILES string of the molecule is [2H]C([2H])(c1ccccc1OCCCCCC(=O)NO)N(Cc1ccccc1)C(=O)c1ccc(-c2cccnc2)cc1. The number of pyridine rings is 1. The molecule has 4 rings (SSSR count).